The average Bonchev–Trinajstić information content (AvgIpc) is 2.80. The maximum atomic E-state index is 11.3. The molecular formula is C13H17N3O3. The van der Waals surface area contributed by atoms with E-state index in [4.69, 9.17) is 4.74 Å². The summed E-state index contributed by atoms with van der Waals surface area (Å²) in [5.74, 6) is 0. The van der Waals surface area contributed by atoms with Crippen molar-refractivity contribution < 1.29 is 9.84 Å². The molecule has 0 aliphatic carbocycles. The fourth-order valence-electron chi connectivity index (χ4n) is 2.58. The molecule has 1 aliphatic heterocycles. The van der Waals surface area contributed by atoms with Crippen LogP contribution in [0.2, 0.25) is 0 Å². The number of aromatic nitrogens is 2. The summed E-state index contributed by atoms with van der Waals surface area (Å²) in [7, 11) is 0. The van der Waals surface area contributed by atoms with Crippen molar-refractivity contribution in [2.24, 2.45) is 0 Å². The first-order valence-corrected chi connectivity index (χ1v) is 6.42. The third-order valence-electron chi connectivity index (χ3n) is 3.58. The van der Waals surface area contributed by atoms with Gasteiger partial charge in [0.1, 0.15) is 0 Å². The van der Waals surface area contributed by atoms with Gasteiger partial charge in [-0.05, 0) is 17.7 Å². The van der Waals surface area contributed by atoms with Crippen LogP contribution in [-0.4, -0.2) is 52.9 Å². The number of hydrogen-bond donors (Lipinski definition) is 3. The number of aliphatic hydroxyl groups is 1. The van der Waals surface area contributed by atoms with Gasteiger partial charge in [-0.25, -0.2) is 4.79 Å². The van der Waals surface area contributed by atoms with Crippen molar-refractivity contribution in [3.8, 4) is 0 Å². The molecule has 6 heteroatoms. The molecule has 1 aromatic heterocycles. The Bertz CT molecular complexity index is 613. The van der Waals surface area contributed by atoms with Crippen LogP contribution in [0.3, 0.4) is 0 Å². The number of ether oxygens (including phenoxy) is 1. The predicted octanol–water partition coefficient (Wildman–Crippen LogP) is 0.222. The van der Waals surface area contributed by atoms with Gasteiger partial charge in [0.15, 0.2) is 0 Å². The molecule has 0 saturated carbocycles. The number of aliphatic hydroxyl groups excluding tert-OH is 1. The van der Waals surface area contributed by atoms with Gasteiger partial charge in [-0.1, -0.05) is 6.07 Å². The third kappa shape index (κ3) is 2.42. The van der Waals surface area contributed by atoms with Crippen LogP contribution < -0.4 is 5.69 Å². The summed E-state index contributed by atoms with van der Waals surface area (Å²) >= 11 is 0. The van der Waals surface area contributed by atoms with E-state index >= 15 is 0 Å². The van der Waals surface area contributed by atoms with Gasteiger partial charge in [-0.3, -0.25) is 4.90 Å². The molecule has 0 amide bonds. The number of fused-ring (bicyclic) bond motifs is 1. The molecule has 2 aromatic rings. The van der Waals surface area contributed by atoms with E-state index in [1.165, 1.54) is 0 Å². The maximum Gasteiger partial charge on any atom is 0.323 e. The molecule has 1 aliphatic rings. The SMILES string of the molecule is O=c1[nH]c2ccc(C(CO)N3CCOCC3)cc2[nH]1. The van der Waals surface area contributed by atoms with Crippen molar-refractivity contribution in [2.45, 2.75) is 6.04 Å². The van der Waals surface area contributed by atoms with E-state index < -0.39 is 0 Å². The smallest absolute Gasteiger partial charge is 0.323 e. The van der Waals surface area contributed by atoms with Gasteiger partial charge in [-0.15, -0.1) is 0 Å². The summed E-state index contributed by atoms with van der Waals surface area (Å²) in [5.41, 5.74) is 2.35. The van der Waals surface area contributed by atoms with Crippen LogP contribution in [0.15, 0.2) is 23.0 Å². The first kappa shape index (κ1) is 12.4. The molecule has 0 radical (unpaired) electrons. The van der Waals surface area contributed by atoms with E-state index in [2.05, 4.69) is 14.9 Å². The Labute approximate surface area is 110 Å². The molecule has 102 valence electrons. The highest BCUT2D eigenvalue weighted by Crippen LogP contribution is 2.23. The van der Waals surface area contributed by atoms with Gasteiger partial charge in [0.05, 0.1) is 36.9 Å². The van der Waals surface area contributed by atoms with Crippen molar-refractivity contribution in [3.63, 3.8) is 0 Å². The normalized spacial score (nSPS) is 18.8. The number of H-pyrrole nitrogens is 2. The summed E-state index contributed by atoms with van der Waals surface area (Å²) in [4.78, 5) is 18.9. The summed E-state index contributed by atoms with van der Waals surface area (Å²) in [6.07, 6.45) is 0. The van der Waals surface area contributed by atoms with Crippen LogP contribution >= 0.6 is 0 Å². The second-order valence-corrected chi connectivity index (χ2v) is 4.73. The van der Waals surface area contributed by atoms with Gasteiger partial charge < -0.3 is 19.8 Å². The minimum absolute atomic E-state index is 0.0493. The molecule has 19 heavy (non-hydrogen) atoms. The summed E-state index contributed by atoms with van der Waals surface area (Å²) in [6, 6.07) is 5.68. The Morgan fingerprint density at radius 1 is 1.26 bits per heavy atom. The molecule has 2 heterocycles. The number of benzene rings is 1. The van der Waals surface area contributed by atoms with Gasteiger partial charge in [0.25, 0.3) is 0 Å². The fraction of sp³-hybridized carbons (Fsp3) is 0.462. The second-order valence-electron chi connectivity index (χ2n) is 4.73. The Hall–Kier alpha value is -1.63. The highest BCUT2D eigenvalue weighted by molar-refractivity contribution is 5.75. The van der Waals surface area contributed by atoms with Crippen molar-refractivity contribution in [1.82, 2.24) is 14.9 Å². The van der Waals surface area contributed by atoms with Crippen LogP contribution in [0.1, 0.15) is 11.6 Å². The molecule has 1 aromatic carbocycles. The van der Waals surface area contributed by atoms with Crippen LogP contribution in [0.4, 0.5) is 0 Å². The molecule has 3 rings (SSSR count). The number of aromatic amines is 2. The van der Waals surface area contributed by atoms with E-state index in [0.717, 1.165) is 29.7 Å². The molecule has 1 fully saturated rings. The third-order valence-corrected chi connectivity index (χ3v) is 3.58. The number of morpholine rings is 1. The summed E-state index contributed by atoms with van der Waals surface area (Å²) in [5, 5.41) is 9.65. The van der Waals surface area contributed by atoms with Crippen LogP contribution in [0.25, 0.3) is 11.0 Å². The molecule has 1 atom stereocenters. The Kier molecular flexibility index (Phi) is 3.37. The number of rotatable bonds is 3. The molecule has 6 nitrogen and oxygen atoms in total. The minimum atomic E-state index is -0.209. The Morgan fingerprint density at radius 2 is 2.00 bits per heavy atom. The van der Waals surface area contributed by atoms with E-state index in [0.29, 0.717) is 13.2 Å². The van der Waals surface area contributed by atoms with E-state index in [-0.39, 0.29) is 18.3 Å². The Morgan fingerprint density at radius 3 is 2.74 bits per heavy atom. The first-order chi connectivity index (χ1) is 9.28. The zero-order chi connectivity index (χ0) is 13.2. The highest BCUT2D eigenvalue weighted by atomic mass is 16.5. The molecular weight excluding hydrogens is 246 g/mol. The van der Waals surface area contributed by atoms with Crippen molar-refractivity contribution >= 4 is 11.0 Å². The lowest BCUT2D eigenvalue weighted by Gasteiger charge is -2.33. The lowest BCUT2D eigenvalue weighted by Crippen LogP contribution is -2.40. The van der Waals surface area contributed by atoms with E-state index in [9.17, 15) is 9.90 Å². The van der Waals surface area contributed by atoms with Crippen molar-refractivity contribution in [1.29, 1.82) is 0 Å². The number of imidazole rings is 1. The highest BCUT2D eigenvalue weighted by Gasteiger charge is 2.22. The van der Waals surface area contributed by atoms with Crippen LogP contribution in [-0.2, 0) is 4.74 Å². The first-order valence-electron chi connectivity index (χ1n) is 6.42. The van der Waals surface area contributed by atoms with Crippen molar-refractivity contribution in [3.05, 3.63) is 34.2 Å². The lowest BCUT2D eigenvalue weighted by molar-refractivity contribution is 0.00262. The monoisotopic (exact) mass is 263 g/mol. The van der Waals surface area contributed by atoms with Crippen LogP contribution in [0.5, 0.6) is 0 Å². The predicted molar refractivity (Wildman–Crippen MR) is 71.1 cm³/mol. The van der Waals surface area contributed by atoms with Crippen LogP contribution in [0, 0.1) is 0 Å². The standard InChI is InChI=1S/C13H17N3O3/c17-8-12(16-3-5-19-6-4-16)9-1-2-10-11(7-9)15-13(18)14-10/h1-2,7,12,17H,3-6,8H2,(H2,14,15,18). The zero-order valence-electron chi connectivity index (χ0n) is 10.6. The summed E-state index contributed by atoms with van der Waals surface area (Å²) < 4.78 is 5.33. The average molecular weight is 263 g/mol. The van der Waals surface area contributed by atoms with Gasteiger partial charge in [-0.2, -0.15) is 0 Å². The molecule has 1 unspecified atom stereocenters. The largest absolute Gasteiger partial charge is 0.394 e. The number of nitrogens with zero attached hydrogens (tertiary/aromatic N) is 1. The van der Waals surface area contributed by atoms with E-state index in [1.807, 2.05) is 18.2 Å². The van der Waals surface area contributed by atoms with Gasteiger partial charge in [0, 0.05) is 13.1 Å². The second kappa shape index (κ2) is 5.16. The van der Waals surface area contributed by atoms with Gasteiger partial charge in [0.2, 0.25) is 0 Å². The topological polar surface area (TPSA) is 81.3 Å². The van der Waals surface area contributed by atoms with E-state index in [1.54, 1.807) is 0 Å². The molecule has 0 bridgehead atoms. The molecule has 1 saturated heterocycles. The lowest BCUT2D eigenvalue weighted by atomic mass is 10.0. The number of nitrogens with one attached hydrogen (secondary N) is 2. The zero-order valence-corrected chi connectivity index (χ0v) is 10.6. The maximum absolute atomic E-state index is 11.3. The minimum Gasteiger partial charge on any atom is -0.394 e. The quantitative estimate of drug-likeness (QED) is 0.740. The van der Waals surface area contributed by atoms with Crippen molar-refractivity contribution in [2.75, 3.05) is 32.9 Å². The summed E-state index contributed by atoms with van der Waals surface area (Å²) in [6.45, 7) is 3.07. The van der Waals surface area contributed by atoms with Gasteiger partial charge >= 0.3 is 5.69 Å². The number of hydrogen-bond acceptors (Lipinski definition) is 4. The fourth-order valence-corrected chi connectivity index (χ4v) is 2.58. The Balaban J connectivity index is 1.93. The molecule has 3 N–H and O–H groups in total. The molecule has 0 spiro atoms.